The van der Waals surface area contributed by atoms with E-state index in [4.69, 9.17) is 0 Å². The van der Waals surface area contributed by atoms with E-state index in [0.717, 1.165) is 37.8 Å². The zero-order chi connectivity index (χ0) is 20.4. The Kier molecular flexibility index (Phi) is 6.27. The predicted molar refractivity (Wildman–Crippen MR) is 114 cm³/mol. The smallest absolute Gasteiger partial charge is 0.243 e. The Labute approximate surface area is 174 Å². The van der Waals surface area contributed by atoms with Crippen molar-refractivity contribution in [1.82, 2.24) is 9.21 Å². The molecule has 4 rings (SSSR count). The van der Waals surface area contributed by atoms with Crippen LogP contribution < -0.4 is 5.32 Å². The Balaban J connectivity index is 1.35. The summed E-state index contributed by atoms with van der Waals surface area (Å²) in [6.45, 7) is 5.17. The fraction of sp³-hybridized carbons (Fsp3) is 0.682. The van der Waals surface area contributed by atoms with Crippen molar-refractivity contribution in [3.63, 3.8) is 0 Å². The zero-order valence-corrected chi connectivity index (χ0v) is 18.2. The molecule has 6 nitrogen and oxygen atoms in total. The summed E-state index contributed by atoms with van der Waals surface area (Å²) in [6, 6.07) is 6.41. The van der Waals surface area contributed by atoms with E-state index in [9.17, 15) is 13.2 Å². The lowest BCUT2D eigenvalue weighted by atomic mass is 9.75. The number of fused-ring (bicyclic) bond motifs is 1. The van der Waals surface area contributed by atoms with Crippen LogP contribution in [0, 0.1) is 11.8 Å². The van der Waals surface area contributed by atoms with Crippen molar-refractivity contribution in [1.29, 1.82) is 0 Å². The average molecular weight is 420 g/mol. The van der Waals surface area contributed by atoms with Crippen LogP contribution in [-0.4, -0.2) is 55.8 Å². The molecule has 1 amide bonds. The molecular weight excluding hydrogens is 386 g/mol. The number of hydrogen-bond donors (Lipinski definition) is 1. The molecule has 0 aromatic heterocycles. The van der Waals surface area contributed by atoms with Crippen LogP contribution in [0.1, 0.15) is 51.9 Å². The maximum Gasteiger partial charge on any atom is 0.243 e. The highest BCUT2D eigenvalue weighted by Gasteiger charge is 2.34. The second-order valence-electron chi connectivity index (χ2n) is 8.89. The third-order valence-corrected chi connectivity index (χ3v) is 8.99. The predicted octanol–water partition coefficient (Wildman–Crippen LogP) is 3.31. The lowest BCUT2D eigenvalue weighted by molar-refractivity contribution is -0.122. The second kappa shape index (κ2) is 8.74. The normalized spacial score (nSPS) is 27.3. The molecule has 2 aliphatic heterocycles. The number of carbonyl (C=O) groups excluding carboxylic acids is 1. The van der Waals surface area contributed by atoms with Crippen LogP contribution in [0.4, 0.5) is 5.69 Å². The van der Waals surface area contributed by atoms with Gasteiger partial charge in [-0.25, -0.2) is 8.42 Å². The van der Waals surface area contributed by atoms with Crippen LogP contribution in [-0.2, 0) is 14.8 Å². The molecular formula is C22H33N3O3S. The van der Waals surface area contributed by atoms with E-state index in [1.165, 1.54) is 36.4 Å². The fourth-order valence-corrected chi connectivity index (χ4v) is 6.70. The monoisotopic (exact) mass is 419 g/mol. The maximum absolute atomic E-state index is 12.8. The molecule has 29 heavy (non-hydrogen) atoms. The number of likely N-dealkylation sites (tertiary alicyclic amines) is 1. The van der Waals surface area contributed by atoms with E-state index in [1.807, 2.05) is 6.92 Å². The standard InChI is InChI=1S/C22H33N3O3S/c1-17(24-15-12-18-6-2-3-7-19(18)16-24)22(26)23-20-8-10-21(11-9-20)29(27,28)25-13-4-5-14-25/h8-11,17-19H,2-7,12-16H2,1H3,(H,23,26)/t17-,18-,19+/m1/s1. The molecule has 3 atom stereocenters. The summed E-state index contributed by atoms with van der Waals surface area (Å²) in [7, 11) is -3.42. The van der Waals surface area contributed by atoms with Gasteiger partial charge in [0.05, 0.1) is 10.9 Å². The molecule has 2 heterocycles. The fourth-order valence-electron chi connectivity index (χ4n) is 5.18. The first-order chi connectivity index (χ1) is 13.9. The van der Waals surface area contributed by atoms with Crippen molar-refractivity contribution >= 4 is 21.6 Å². The van der Waals surface area contributed by atoms with Crippen molar-refractivity contribution in [2.24, 2.45) is 11.8 Å². The van der Waals surface area contributed by atoms with Crippen LogP contribution in [0.25, 0.3) is 0 Å². The number of carbonyl (C=O) groups is 1. The Morgan fingerprint density at radius 2 is 1.62 bits per heavy atom. The van der Waals surface area contributed by atoms with Crippen molar-refractivity contribution < 1.29 is 13.2 Å². The number of hydrogen-bond acceptors (Lipinski definition) is 4. The van der Waals surface area contributed by atoms with E-state index in [0.29, 0.717) is 23.7 Å². The van der Waals surface area contributed by atoms with Gasteiger partial charge in [-0.2, -0.15) is 4.31 Å². The molecule has 0 bridgehead atoms. The maximum atomic E-state index is 12.8. The first-order valence-electron chi connectivity index (χ1n) is 11.1. The van der Waals surface area contributed by atoms with Gasteiger partial charge in [0, 0.05) is 25.3 Å². The molecule has 1 N–H and O–H groups in total. The lowest BCUT2D eigenvalue weighted by Crippen LogP contribution is -2.49. The van der Waals surface area contributed by atoms with Gasteiger partial charge >= 0.3 is 0 Å². The number of nitrogens with one attached hydrogen (secondary N) is 1. The van der Waals surface area contributed by atoms with E-state index in [1.54, 1.807) is 24.3 Å². The van der Waals surface area contributed by atoms with Gasteiger partial charge in [-0.15, -0.1) is 0 Å². The topological polar surface area (TPSA) is 69.7 Å². The van der Waals surface area contributed by atoms with E-state index >= 15 is 0 Å². The van der Waals surface area contributed by atoms with Gasteiger partial charge in [0.25, 0.3) is 0 Å². The first kappa shape index (κ1) is 20.8. The molecule has 1 aromatic rings. The van der Waals surface area contributed by atoms with Gasteiger partial charge < -0.3 is 5.32 Å². The molecule has 3 fully saturated rings. The highest BCUT2D eigenvalue weighted by molar-refractivity contribution is 7.89. The number of nitrogens with zero attached hydrogens (tertiary/aromatic N) is 2. The zero-order valence-electron chi connectivity index (χ0n) is 17.3. The largest absolute Gasteiger partial charge is 0.325 e. The van der Waals surface area contributed by atoms with Gasteiger partial charge in [0.1, 0.15) is 0 Å². The summed E-state index contributed by atoms with van der Waals surface area (Å²) >= 11 is 0. The van der Waals surface area contributed by atoms with Crippen LogP contribution in [0.5, 0.6) is 0 Å². The quantitative estimate of drug-likeness (QED) is 0.795. The minimum absolute atomic E-state index is 0.0191. The average Bonchev–Trinajstić information content (AvgIpc) is 3.29. The molecule has 0 spiro atoms. The molecule has 7 heteroatoms. The lowest BCUT2D eigenvalue weighted by Gasteiger charge is -2.43. The molecule has 1 aromatic carbocycles. The van der Waals surface area contributed by atoms with Crippen LogP contribution in [0.15, 0.2) is 29.2 Å². The number of piperidine rings is 1. The summed E-state index contributed by atoms with van der Waals surface area (Å²) in [6.07, 6.45) is 8.37. The summed E-state index contributed by atoms with van der Waals surface area (Å²) in [4.78, 5) is 15.4. The SMILES string of the molecule is C[C@H](C(=O)Nc1ccc(S(=O)(=O)N2CCCC2)cc1)N1CC[C@H]2CCCC[C@H]2C1. The second-order valence-corrected chi connectivity index (χ2v) is 10.8. The minimum Gasteiger partial charge on any atom is -0.325 e. The van der Waals surface area contributed by atoms with E-state index < -0.39 is 10.0 Å². The third kappa shape index (κ3) is 4.52. The van der Waals surface area contributed by atoms with Gasteiger partial charge in [-0.3, -0.25) is 9.69 Å². The van der Waals surface area contributed by atoms with Crippen molar-refractivity contribution in [2.75, 3.05) is 31.5 Å². The molecule has 1 saturated carbocycles. The van der Waals surface area contributed by atoms with Crippen molar-refractivity contribution in [3.8, 4) is 0 Å². The molecule has 0 radical (unpaired) electrons. The number of sulfonamides is 1. The van der Waals surface area contributed by atoms with Gasteiger partial charge in [-0.05, 0) is 75.3 Å². The first-order valence-corrected chi connectivity index (χ1v) is 12.5. The molecule has 1 aliphatic carbocycles. The number of benzene rings is 1. The molecule has 0 unspecified atom stereocenters. The van der Waals surface area contributed by atoms with Crippen LogP contribution in [0.3, 0.4) is 0 Å². The Bertz CT molecular complexity index is 818. The number of anilines is 1. The van der Waals surface area contributed by atoms with Crippen LogP contribution >= 0.6 is 0 Å². The number of amides is 1. The third-order valence-electron chi connectivity index (χ3n) is 7.07. The van der Waals surface area contributed by atoms with Gasteiger partial charge in [0.15, 0.2) is 0 Å². The van der Waals surface area contributed by atoms with Gasteiger partial charge in [-0.1, -0.05) is 19.3 Å². The Morgan fingerprint density at radius 1 is 0.966 bits per heavy atom. The number of rotatable bonds is 5. The van der Waals surface area contributed by atoms with E-state index in [2.05, 4.69) is 10.2 Å². The summed E-state index contributed by atoms with van der Waals surface area (Å²) in [5, 5.41) is 2.97. The molecule has 2 saturated heterocycles. The van der Waals surface area contributed by atoms with Crippen molar-refractivity contribution in [3.05, 3.63) is 24.3 Å². The summed E-state index contributed by atoms with van der Waals surface area (Å²) in [5.41, 5.74) is 0.648. The van der Waals surface area contributed by atoms with E-state index in [-0.39, 0.29) is 11.9 Å². The van der Waals surface area contributed by atoms with Gasteiger partial charge in [0.2, 0.25) is 15.9 Å². The highest BCUT2D eigenvalue weighted by atomic mass is 32.2. The Morgan fingerprint density at radius 3 is 2.31 bits per heavy atom. The Hall–Kier alpha value is -1.44. The minimum atomic E-state index is -3.42. The summed E-state index contributed by atoms with van der Waals surface area (Å²) in [5.74, 6) is 1.57. The van der Waals surface area contributed by atoms with Crippen molar-refractivity contribution in [2.45, 2.75) is 62.8 Å². The summed E-state index contributed by atoms with van der Waals surface area (Å²) < 4.78 is 26.8. The van der Waals surface area contributed by atoms with Crippen LogP contribution in [0.2, 0.25) is 0 Å². The highest BCUT2D eigenvalue weighted by Crippen LogP contribution is 2.36. The molecule has 160 valence electrons. The molecule has 3 aliphatic rings.